The van der Waals surface area contributed by atoms with E-state index in [0.29, 0.717) is 6.04 Å². The molecule has 1 unspecified atom stereocenters. The van der Waals surface area contributed by atoms with Gasteiger partial charge in [0.05, 0.1) is 0 Å². The van der Waals surface area contributed by atoms with Crippen LogP contribution in [0.3, 0.4) is 0 Å². The highest BCUT2D eigenvalue weighted by molar-refractivity contribution is 5.27. The van der Waals surface area contributed by atoms with Crippen LogP contribution in [0.2, 0.25) is 0 Å². The molecule has 2 rings (SSSR count). The summed E-state index contributed by atoms with van der Waals surface area (Å²) < 4.78 is 0. The Morgan fingerprint density at radius 1 is 1.29 bits per heavy atom. The molecule has 1 aromatic rings. The van der Waals surface area contributed by atoms with Crippen LogP contribution < -0.4 is 5.32 Å². The van der Waals surface area contributed by atoms with E-state index in [2.05, 4.69) is 29.1 Å². The molecule has 1 aromatic heterocycles. The molecule has 0 aliphatic heterocycles. The molecule has 0 radical (unpaired) electrons. The number of aromatic nitrogens is 2. The molecule has 1 aliphatic rings. The first kappa shape index (κ1) is 12.5. The van der Waals surface area contributed by atoms with E-state index in [9.17, 15) is 0 Å². The minimum Gasteiger partial charge on any atom is -0.314 e. The minimum atomic E-state index is 0.510. The second kappa shape index (κ2) is 6.10. The molecule has 0 spiro atoms. The Kier molecular flexibility index (Phi) is 4.49. The van der Waals surface area contributed by atoms with Crippen molar-refractivity contribution in [2.24, 2.45) is 0 Å². The summed E-state index contributed by atoms with van der Waals surface area (Å²) in [5, 5.41) is 3.53. The largest absolute Gasteiger partial charge is 0.314 e. The van der Waals surface area contributed by atoms with Gasteiger partial charge in [-0.3, -0.25) is 0 Å². The van der Waals surface area contributed by atoms with Crippen LogP contribution >= 0.6 is 0 Å². The van der Waals surface area contributed by atoms with Crippen LogP contribution in [0, 0.1) is 0 Å². The lowest BCUT2D eigenvalue weighted by Gasteiger charge is -2.19. The van der Waals surface area contributed by atoms with Crippen molar-refractivity contribution in [3.8, 4) is 0 Å². The van der Waals surface area contributed by atoms with E-state index in [1.54, 1.807) is 6.33 Å². The van der Waals surface area contributed by atoms with Crippen LogP contribution in [0.1, 0.15) is 50.1 Å². The monoisotopic (exact) mass is 233 g/mol. The van der Waals surface area contributed by atoms with E-state index >= 15 is 0 Å². The first-order valence-corrected chi connectivity index (χ1v) is 6.86. The lowest BCUT2D eigenvalue weighted by atomic mass is 9.93. The number of nitrogens with zero attached hydrogens (tertiary/aromatic N) is 2. The molecular formula is C14H23N3. The normalized spacial score (nSPS) is 16.6. The summed E-state index contributed by atoms with van der Waals surface area (Å²) in [5.41, 5.74) is 4.00. The van der Waals surface area contributed by atoms with Crippen LogP contribution in [0.15, 0.2) is 6.33 Å². The van der Waals surface area contributed by atoms with Gasteiger partial charge in [-0.15, -0.1) is 0 Å². The average molecular weight is 233 g/mol. The summed E-state index contributed by atoms with van der Waals surface area (Å²) in [4.78, 5) is 8.91. The topological polar surface area (TPSA) is 37.8 Å². The number of fused-ring (bicyclic) bond motifs is 1. The second-order valence-electron chi connectivity index (χ2n) is 5.01. The number of hydrogen-bond donors (Lipinski definition) is 1. The Labute approximate surface area is 104 Å². The molecule has 1 aliphatic carbocycles. The maximum Gasteiger partial charge on any atom is 0.115 e. The zero-order chi connectivity index (χ0) is 12.1. The third kappa shape index (κ3) is 3.25. The third-order valence-corrected chi connectivity index (χ3v) is 3.46. The standard InChI is InChI=1S/C14H23N3/c1-3-8-15-11(2)9-14-12-6-4-5-7-13(12)16-10-17-14/h10-11,15H,3-9H2,1-2H3. The maximum absolute atomic E-state index is 4.49. The van der Waals surface area contributed by atoms with Crippen LogP contribution in [-0.2, 0) is 19.3 Å². The molecule has 1 N–H and O–H groups in total. The molecule has 94 valence electrons. The molecule has 3 nitrogen and oxygen atoms in total. The van der Waals surface area contributed by atoms with Gasteiger partial charge in [-0.05, 0) is 51.1 Å². The van der Waals surface area contributed by atoms with E-state index in [1.807, 2.05) is 0 Å². The smallest absolute Gasteiger partial charge is 0.115 e. The highest BCUT2D eigenvalue weighted by Gasteiger charge is 2.16. The van der Waals surface area contributed by atoms with Gasteiger partial charge in [0.15, 0.2) is 0 Å². The highest BCUT2D eigenvalue weighted by atomic mass is 14.9. The molecule has 1 heterocycles. The summed E-state index contributed by atoms with van der Waals surface area (Å²) >= 11 is 0. The van der Waals surface area contributed by atoms with Crippen molar-refractivity contribution < 1.29 is 0 Å². The molecule has 17 heavy (non-hydrogen) atoms. The Hall–Kier alpha value is -0.960. The number of hydrogen-bond acceptors (Lipinski definition) is 3. The molecule has 3 heteroatoms. The van der Waals surface area contributed by atoms with Crippen LogP contribution in [0.5, 0.6) is 0 Å². The van der Waals surface area contributed by atoms with Crippen LogP contribution in [0.4, 0.5) is 0 Å². The summed E-state index contributed by atoms with van der Waals surface area (Å²) in [5.74, 6) is 0. The molecule has 0 fully saturated rings. The van der Waals surface area contributed by atoms with Crippen molar-refractivity contribution in [2.45, 2.75) is 58.4 Å². The number of nitrogens with one attached hydrogen (secondary N) is 1. The summed E-state index contributed by atoms with van der Waals surface area (Å²) in [7, 11) is 0. The van der Waals surface area contributed by atoms with E-state index < -0.39 is 0 Å². The van der Waals surface area contributed by atoms with Crippen molar-refractivity contribution in [3.63, 3.8) is 0 Å². The first-order chi connectivity index (χ1) is 8.31. The van der Waals surface area contributed by atoms with Gasteiger partial charge in [-0.2, -0.15) is 0 Å². The number of aryl methyl sites for hydroxylation is 1. The number of rotatable bonds is 5. The van der Waals surface area contributed by atoms with Crippen molar-refractivity contribution in [1.29, 1.82) is 0 Å². The SMILES string of the molecule is CCCNC(C)Cc1ncnc2c1CCCC2. The first-order valence-electron chi connectivity index (χ1n) is 6.86. The Bertz CT molecular complexity index is 362. The van der Waals surface area contributed by atoms with Gasteiger partial charge < -0.3 is 5.32 Å². The minimum absolute atomic E-state index is 0.510. The quantitative estimate of drug-likeness (QED) is 0.848. The molecule has 0 amide bonds. The van der Waals surface area contributed by atoms with Crippen molar-refractivity contribution >= 4 is 0 Å². The van der Waals surface area contributed by atoms with E-state index in [1.165, 1.54) is 42.6 Å². The van der Waals surface area contributed by atoms with Gasteiger partial charge in [0.2, 0.25) is 0 Å². The maximum atomic E-state index is 4.49. The fraction of sp³-hybridized carbons (Fsp3) is 0.714. The predicted octanol–water partition coefficient (Wildman–Crippen LogP) is 2.29. The van der Waals surface area contributed by atoms with E-state index in [4.69, 9.17) is 0 Å². The summed E-state index contributed by atoms with van der Waals surface area (Å²) in [6, 6.07) is 0.510. The zero-order valence-corrected chi connectivity index (χ0v) is 11.0. The fourth-order valence-corrected chi connectivity index (χ4v) is 2.52. The van der Waals surface area contributed by atoms with Gasteiger partial charge >= 0.3 is 0 Å². The lowest BCUT2D eigenvalue weighted by molar-refractivity contribution is 0.531. The summed E-state index contributed by atoms with van der Waals surface area (Å²) in [6.07, 6.45) is 8.86. The second-order valence-corrected chi connectivity index (χ2v) is 5.01. The van der Waals surface area contributed by atoms with Gasteiger partial charge in [-0.1, -0.05) is 6.92 Å². The molecule has 0 aromatic carbocycles. The highest BCUT2D eigenvalue weighted by Crippen LogP contribution is 2.21. The Balaban J connectivity index is 2.05. The van der Waals surface area contributed by atoms with Gasteiger partial charge in [0.1, 0.15) is 6.33 Å². The van der Waals surface area contributed by atoms with Crippen LogP contribution in [0.25, 0.3) is 0 Å². The molecule has 0 bridgehead atoms. The Morgan fingerprint density at radius 2 is 2.12 bits per heavy atom. The third-order valence-electron chi connectivity index (χ3n) is 3.46. The van der Waals surface area contributed by atoms with Crippen LogP contribution in [-0.4, -0.2) is 22.6 Å². The van der Waals surface area contributed by atoms with Gasteiger partial charge in [0, 0.05) is 23.9 Å². The van der Waals surface area contributed by atoms with Gasteiger partial charge in [-0.25, -0.2) is 9.97 Å². The van der Waals surface area contributed by atoms with E-state index in [0.717, 1.165) is 19.4 Å². The van der Waals surface area contributed by atoms with Crippen molar-refractivity contribution in [1.82, 2.24) is 15.3 Å². The fourth-order valence-electron chi connectivity index (χ4n) is 2.52. The van der Waals surface area contributed by atoms with E-state index in [-0.39, 0.29) is 0 Å². The Morgan fingerprint density at radius 3 is 2.94 bits per heavy atom. The average Bonchev–Trinajstić information content (AvgIpc) is 2.37. The predicted molar refractivity (Wildman–Crippen MR) is 70.1 cm³/mol. The molecular weight excluding hydrogens is 210 g/mol. The van der Waals surface area contributed by atoms with Crippen molar-refractivity contribution in [2.75, 3.05) is 6.54 Å². The zero-order valence-electron chi connectivity index (χ0n) is 11.0. The molecule has 0 saturated carbocycles. The lowest BCUT2D eigenvalue weighted by Crippen LogP contribution is -2.29. The molecule has 0 saturated heterocycles. The molecule has 1 atom stereocenters. The van der Waals surface area contributed by atoms with Crippen molar-refractivity contribution in [3.05, 3.63) is 23.3 Å². The summed E-state index contributed by atoms with van der Waals surface area (Å²) in [6.45, 7) is 5.54. The van der Waals surface area contributed by atoms with Gasteiger partial charge in [0.25, 0.3) is 0 Å².